The second kappa shape index (κ2) is 11.3. The molecule has 0 spiro atoms. The second-order valence-electron chi connectivity index (χ2n) is 7.26. The highest BCUT2D eigenvalue weighted by Crippen LogP contribution is 2.35. The van der Waals surface area contributed by atoms with Gasteiger partial charge in [0.2, 0.25) is 6.79 Å². The Balaban J connectivity index is 1.48. The highest BCUT2D eigenvalue weighted by molar-refractivity contribution is 5.79. The van der Waals surface area contributed by atoms with Gasteiger partial charge in [-0.05, 0) is 50.6 Å². The van der Waals surface area contributed by atoms with Gasteiger partial charge in [0.1, 0.15) is 18.1 Å². The van der Waals surface area contributed by atoms with Gasteiger partial charge in [0, 0.05) is 12.6 Å². The number of aliphatic imine (C=N–C) groups is 1. The molecular weight excluding hydrogens is 398 g/mol. The van der Waals surface area contributed by atoms with E-state index in [1.165, 1.54) is 0 Å². The van der Waals surface area contributed by atoms with Crippen molar-refractivity contribution in [2.24, 2.45) is 4.99 Å². The Morgan fingerprint density at radius 1 is 1.10 bits per heavy atom. The summed E-state index contributed by atoms with van der Waals surface area (Å²) in [4.78, 5) is 4.48. The minimum atomic E-state index is -0.726. The predicted octanol–water partition coefficient (Wildman–Crippen LogP) is 2.87. The summed E-state index contributed by atoms with van der Waals surface area (Å²) in [5.74, 6) is 3.49. The van der Waals surface area contributed by atoms with E-state index >= 15 is 0 Å². The van der Waals surface area contributed by atoms with Gasteiger partial charge in [-0.25, -0.2) is 0 Å². The van der Waals surface area contributed by atoms with Crippen LogP contribution in [0.2, 0.25) is 0 Å². The summed E-state index contributed by atoms with van der Waals surface area (Å²) in [7, 11) is 0. The molecule has 2 aromatic carbocycles. The lowest BCUT2D eigenvalue weighted by Gasteiger charge is -2.15. The number of hydrogen-bond acceptors (Lipinski definition) is 6. The van der Waals surface area contributed by atoms with Crippen LogP contribution in [-0.2, 0) is 0 Å². The van der Waals surface area contributed by atoms with Crippen molar-refractivity contribution in [3.05, 3.63) is 48.0 Å². The Kier molecular flexibility index (Phi) is 8.23. The summed E-state index contributed by atoms with van der Waals surface area (Å²) < 4.78 is 22.1. The maximum absolute atomic E-state index is 10.5. The van der Waals surface area contributed by atoms with Gasteiger partial charge in [-0.15, -0.1) is 0 Å². The molecular formula is C23H31N3O5. The second-order valence-corrected chi connectivity index (χ2v) is 7.26. The maximum Gasteiger partial charge on any atom is 0.231 e. The number of nitrogens with one attached hydrogen (secondary N) is 2. The number of aliphatic hydroxyl groups is 1. The van der Waals surface area contributed by atoms with Crippen LogP contribution in [0.15, 0.2) is 47.5 Å². The quantitative estimate of drug-likeness (QED) is 0.304. The van der Waals surface area contributed by atoms with Crippen LogP contribution in [0.25, 0.3) is 0 Å². The fourth-order valence-corrected chi connectivity index (χ4v) is 3.00. The van der Waals surface area contributed by atoms with Crippen molar-refractivity contribution in [2.45, 2.75) is 33.0 Å². The molecule has 8 nitrogen and oxygen atoms in total. The Hall–Kier alpha value is -3.13. The third-order valence-corrected chi connectivity index (χ3v) is 4.39. The maximum atomic E-state index is 10.5. The van der Waals surface area contributed by atoms with Crippen LogP contribution in [0.4, 0.5) is 0 Å². The summed E-state index contributed by atoms with van der Waals surface area (Å²) in [5, 5.41) is 16.9. The van der Waals surface area contributed by atoms with Crippen molar-refractivity contribution in [3.8, 4) is 23.0 Å². The lowest BCUT2D eigenvalue weighted by atomic mass is 10.1. The number of fused-ring (bicyclic) bond motifs is 1. The third kappa shape index (κ3) is 6.96. The molecule has 0 saturated carbocycles. The van der Waals surface area contributed by atoms with Crippen molar-refractivity contribution in [1.82, 2.24) is 10.6 Å². The summed E-state index contributed by atoms with van der Waals surface area (Å²) in [6, 6.07) is 13.0. The van der Waals surface area contributed by atoms with Crippen LogP contribution in [0, 0.1) is 0 Å². The number of hydrogen-bond donors (Lipinski definition) is 3. The van der Waals surface area contributed by atoms with Crippen molar-refractivity contribution in [2.75, 3.05) is 33.0 Å². The first-order chi connectivity index (χ1) is 15.0. The predicted molar refractivity (Wildman–Crippen MR) is 119 cm³/mol. The molecule has 8 heteroatoms. The minimum Gasteiger partial charge on any atom is -0.492 e. The summed E-state index contributed by atoms with van der Waals surface area (Å²) in [5.41, 5.74) is 0.767. The smallest absolute Gasteiger partial charge is 0.231 e. The lowest BCUT2D eigenvalue weighted by molar-refractivity contribution is 0.173. The number of ether oxygens (including phenoxy) is 4. The van der Waals surface area contributed by atoms with Gasteiger partial charge >= 0.3 is 0 Å². The standard InChI is InChI=1S/C23H31N3O5/c1-4-24-23(25-10-11-28-18-8-9-21-22(13-18)30-15-29-21)26-14-20(27)17-6-5-7-19(12-17)31-16(2)3/h5-9,12-13,16,20,27H,4,10-11,14-15H2,1-3H3,(H2,24,25,26). The molecule has 0 aromatic heterocycles. The molecule has 0 amide bonds. The van der Waals surface area contributed by atoms with E-state index in [0.29, 0.717) is 37.2 Å². The van der Waals surface area contributed by atoms with E-state index in [2.05, 4.69) is 15.6 Å². The molecule has 168 valence electrons. The van der Waals surface area contributed by atoms with Crippen molar-refractivity contribution >= 4 is 5.96 Å². The lowest BCUT2D eigenvalue weighted by Crippen LogP contribution is -2.39. The summed E-state index contributed by atoms with van der Waals surface area (Å²) >= 11 is 0. The van der Waals surface area contributed by atoms with E-state index in [1.807, 2.05) is 63.2 Å². The fraction of sp³-hybridized carbons (Fsp3) is 0.435. The minimum absolute atomic E-state index is 0.0786. The first kappa shape index (κ1) is 22.6. The van der Waals surface area contributed by atoms with Crippen LogP contribution in [0.1, 0.15) is 32.4 Å². The van der Waals surface area contributed by atoms with E-state index in [-0.39, 0.29) is 19.4 Å². The Bertz CT molecular complexity index is 872. The van der Waals surface area contributed by atoms with E-state index in [1.54, 1.807) is 0 Å². The summed E-state index contributed by atoms with van der Waals surface area (Å²) in [6.07, 6.45) is -0.647. The van der Waals surface area contributed by atoms with Crippen LogP contribution in [-0.4, -0.2) is 50.2 Å². The van der Waals surface area contributed by atoms with Crippen LogP contribution in [0.5, 0.6) is 23.0 Å². The molecule has 3 N–H and O–H groups in total. The average molecular weight is 430 g/mol. The molecule has 2 aromatic rings. The SMILES string of the molecule is CCNC(=NCC(O)c1cccc(OC(C)C)c1)NCCOc1ccc2c(c1)OCO2. The van der Waals surface area contributed by atoms with Gasteiger partial charge in [-0.2, -0.15) is 0 Å². The Labute approximate surface area is 183 Å². The zero-order chi connectivity index (χ0) is 22.1. The van der Waals surface area contributed by atoms with Crippen LogP contribution in [0.3, 0.4) is 0 Å². The molecule has 1 atom stereocenters. The fourth-order valence-electron chi connectivity index (χ4n) is 3.00. The molecule has 0 bridgehead atoms. The first-order valence-corrected chi connectivity index (χ1v) is 10.5. The number of rotatable bonds is 10. The largest absolute Gasteiger partial charge is 0.492 e. The molecule has 3 rings (SSSR count). The highest BCUT2D eigenvalue weighted by Gasteiger charge is 2.13. The number of guanidine groups is 1. The number of benzene rings is 2. The van der Waals surface area contributed by atoms with Gasteiger partial charge < -0.3 is 34.7 Å². The third-order valence-electron chi connectivity index (χ3n) is 4.39. The molecule has 0 aliphatic carbocycles. The highest BCUT2D eigenvalue weighted by atomic mass is 16.7. The molecule has 1 unspecified atom stereocenters. The Morgan fingerprint density at radius 2 is 1.94 bits per heavy atom. The van der Waals surface area contributed by atoms with Crippen molar-refractivity contribution in [1.29, 1.82) is 0 Å². The van der Waals surface area contributed by atoms with Gasteiger partial charge in [0.25, 0.3) is 0 Å². The van der Waals surface area contributed by atoms with Gasteiger partial charge in [-0.3, -0.25) is 4.99 Å². The van der Waals surface area contributed by atoms with Crippen molar-refractivity contribution < 1.29 is 24.1 Å². The number of aliphatic hydroxyl groups excluding tert-OH is 1. The van der Waals surface area contributed by atoms with Gasteiger partial charge in [0.05, 0.1) is 25.3 Å². The van der Waals surface area contributed by atoms with E-state index < -0.39 is 6.10 Å². The molecule has 0 fully saturated rings. The first-order valence-electron chi connectivity index (χ1n) is 10.5. The Morgan fingerprint density at radius 3 is 2.74 bits per heavy atom. The van der Waals surface area contributed by atoms with Crippen molar-refractivity contribution in [3.63, 3.8) is 0 Å². The van der Waals surface area contributed by atoms with Gasteiger partial charge in [-0.1, -0.05) is 12.1 Å². The number of nitrogens with zero attached hydrogens (tertiary/aromatic N) is 1. The average Bonchev–Trinajstić information content (AvgIpc) is 3.22. The molecule has 1 heterocycles. The zero-order valence-electron chi connectivity index (χ0n) is 18.3. The molecule has 31 heavy (non-hydrogen) atoms. The van der Waals surface area contributed by atoms with E-state index in [9.17, 15) is 5.11 Å². The molecule has 0 saturated heterocycles. The van der Waals surface area contributed by atoms with Gasteiger partial charge in [0.15, 0.2) is 17.5 Å². The molecule has 1 aliphatic rings. The van der Waals surface area contributed by atoms with Crippen LogP contribution >= 0.6 is 0 Å². The molecule has 1 aliphatic heterocycles. The van der Waals surface area contributed by atoms with Crippen LogP contribution < -0.4 is 29.6 Å². The summed E-state index contributed by atoms with van der Waals surface area (Å²) in [6.45, 7) is 8.10. The van der Waals surface area contributed by atoms with E-state index in [4.69, 9.17) is 18.9 Å². The zero-order valence-corrected chi connectivity index (χ0v) is 18.3. The van der Waals surface area contributed by atoms with E-state index in [0.717, 1.165) is 17.1 Å². The normalized spacial score (nSPS) is 13.8. The topological polar surface area (TPSA) is 93.6 Å². The molecule has 0 radical (unpaired) electrons. The monoisotopic (exact) mass is 429 g/mol.